The largest absolute Gasteiger partial charge is 0.379 e. The number of hydrogen-bond acceptors (Lipinski definition) is 4. The van der Waals surface area contributed by atoms with Crippen molar-refractivity contribution in [2.75, 3.05) is 39.4 Å². The summed E-state index contributed by atoms with van der Waals surface area (Å²) in [5.41, 5.74) is 2.05. The van der Waals surface area contributed by atoms with Crippen molar-refractivity contribution in [2.24, 2.45) is 0 Å². The molecule has 0 bridgehead atoms. The maximum atomic E-state index is 6.05. The molecule has 3 heterocycles. The van der Waals surface area contributed by atoms with Gasteiger partial charge in [0.25, 0.3) is 0 Å². The number of rotatable bonds is 5. The van der Waals surface area contributed by atoms with Crippen LogP contribution in [0.25, 0.3) is 10.9 Å². The summed E-state index contributed by atoms with van der Waals surface area (Å²) < 4.78 is 5.33. The number of hydrogen-bond donors (Lipinski definition) is 2. The Labute approximate surface area is 135 Å². The molecule has 2 aromatic rings. The van der Waals surface area contributed by atoms with E-state index in [9.17, 15) is 0 Å². The molecule has 1 aliphatic rings. The first-order valence-electron chi connectivity index (χ1n) is 6.96. The van der Waals surface area contributed by atoms with E-state index >= 15 is 0 Å². The number of ether oxygens (including phenoxy) is 1. The van der Waals surface area contributed by atoms with Gasteiger partial charge < -0.3 is 15.0 Å². The Morgan fingerprint density at radius 1 is 1.38 bits per heavy atom. The molecule has 0 unspecified atom stereocenters. The van der Waals surface area contributed by atoms with Gasteiger partial charge in [-0.05, 0) is 12.1 Å². The molecule has 0 aromatic carbocycles. The smallest absolute Gasteiger partial charge is 0.153 e. The SMILES string of the molecule is Cl.Clc1nccc2cc(CNCCN3CCOCC3)[nH]c12. The second kappa shape index (κ2) is 7.96. The highest BCUT2D eigenvalue weighted by Gasteiger charge is 2.09. The second-order valence-electron chi connectivity index (χ2n) is 4.99. The highest BCUT2D eigenvalue weighted by Crippen LogP contribution is 2.20. The van der Waals surface area contributed by atoms with Crippen molar-refractivity contribution in [1.82, 2.24) is 20.2 Å². The molecule has 2 N–H and O–H groups in total. The van der Waals surface area contributed by atoms with Gasteiger partial charge in [0.15, 0.2) is 5.15 Å². The zero-order chi connectivity index (χ0) is 13.8. The zero-order valence-electron chi connectivity index (χ0n) is 11.8. The van der Waals surface area contributed by atoms with E-state index in [1.54, 1.807) is 6.20 Å². The Morgan fingerprint density at radius 3 is 2.95 bits per heavy atom. The number of halogens is 2. The van der Waals surface area contributed by atoms with Crippen molar-refractivity contribution < 1.29 is 4.74 Å². The van der Waals surface area contributed by atoms with Gasteiger partial charge >= 0.3 is 0 Å². The predicted octanol–water partition coefficient (Wildman–Crippen LogP) is 2.06. The number of aromatic amines is 1. The molecule has 0 saturated carbocycles. The first-order chi connectivity index (χ1) is 9.83. The van der Waals surface area contributed by atoms with Gasteiger partial charge in [0.05, 0.1) is 18.7 Å². The highest BCUT2D eigenvalue weighted by molar-refractivity contribution is 6.33. The Kier molecular flexibility index (Phi) is 6.26. The Balaban J connectivity index is 0.00000161. The molecule has 5 nitrogen and oxygen atoms in total. The molecule has 116 valence electrons. The van der Waals surface area contributed by atoms with Crippen molar-refractivity contribution in [1.29, 1.82) is 0 Å². The van der Waals surface area contributed by atoms with E-state index in [0.29, 0.717) is 5.15 Å². The quantitative estimate of drug-likeness (QED) is 0.650. The van der Waals surface area contributed by atoms with Crippen molar-refractivity contribution in [2.45, 2.75) is 6.54 Å². The van der Waals surface area contributed by atoms with Gasteiger partial charge in [-0.25, -0.2) is 4.98 Å². The molecule has 1 aliphatic heterocycles. The Bertz CT molecular complexity index is 569. The molecule has 0 radical (unpaired) electrons. The van der Waals surface area contributed by atoms with Crippen LogP contribution >= 0.6 is 24.0 Å². The molecule has 2 aromatic heterocycles. The van der Waals surface area contributed by atoms with Crippen LogP contribution in [-0.4, -0.2) is 54.3 Å². The van der Waals surface area contributed by atoms with Crippen LogP contribution in [0, 0.1) is 0 Å². The summed E-state index contributed by atoms with van der Waals surface area (Å²) in [4.78, 5) is 9.80. The summed E-state index contributed by atoms with van der Waals surface area (Å²) in [6.45, 7) is 6.63. The van der Waals surface area contributed by atoms with E-state index in [1.807, 2.05) is 6.07 Å². The molecule has 0 amide bonds. The van der Waals surface area contributed by atoms with Gasteiger partial charge in [0.1, 0.15) is 0 Å². The number of nitrogens with zero attached hydrogens (tertiary/aromatic N) is 2. The third-order valence-electron chi connectivity index (χ3n) is 3.58. The van der Waals surface area contributed by atoms with E-state index in [0.717, 1.165) is 62.5 Å². The monoisotopic (exact) mass is 330 g/mol. The Hall–Kier alpha value is -0.850. The number of fused-ring (bicyclic) bond motifs is 1. The van der Waals surface area contributed by atoms with E-state index in [4.69, 9.17) is 16.3 Å². The average molecular weight is 331 g/mol. The minimum atomic E-state index is 0. The standard InChI is InChI=1S/C14H19ClN4O.ClH/c15-14-13-11(1-2-17-14)9-12(18-13)10-16-3-4-19-5-7-20-8-6-19;/h1-2,9,16,18H,3-8,10H2;1H. The van der Waals surface area contributed by atoms with Crippen molar-refractivity contribution in [3.63, 3.8) is 0 Å². The van der Waals surface area contributed by atoms with E-state index < -0.39 is 0 Å². The van der Waals surface area contributed by atoms with Crippen LogP contribution in [0.1, 0.15) is 5.69 Å². The van der Waals surface area contributed by atoms with Crippen molar-refractivity contribution in [3.8, 4) is 0 Å². The first kappa shape index (κ1) is 16.5. The lowest BCUT2D eigenvalue weighted by Crippen LogP contribution is -2.40. The summed E-state index contributed by atoms with van der Waals surface area (Å²) in [7, 11) is 0. The summed E-state index contributed by atoms with van der Waals surface area (Å²) in [6, 6.07) is 4.08. The lowest BCUT2D eigenvalue weighted by atomic mass is 10.3. The fraction of sp³-hybridized carbons (Fsp3) is 0.500. The van der Waals surface area contributed by atoms with Crippen LogP contribution in [0.5, 0.6) is 0 Å². The van der Waals surface area contributed by atoms with Crippen LogP contribution in [0.15, 0.2) is 18.3 Å². The number of morpholine rings is 1. The maximum absolute atomic E-state index is 6.05. The summed E-state index contributed by atoms with van der Waals surface area (Å²) in [5, 5.41) is 5.09. The molecule has 1 fully saturated rings. The molecule has 0 atom stereocenters. The highest BCUT2D eigenvalue weighted by atomic mass is 35.5. The van der Waals surface area contributed by atoms with Gasteiger partial charge in [-0.15, -0.1) is 12.4 Å². The minimum absolute atomic E-state index is 0. The normalized spacial score (nSPS) is 16.0. The van der Waals surface area contributed by atoms with Gasteiger partial charge in [-0.1, -0.05) is 11.6 Å². The maximum Gasteiger partial charge on any atom is 0.153 e. The molecule has 7 heteroatoms. The van der Waals surface area contributed by atoms with Crippen LogP contribution in [0.2, 0.25) is 5.15 Å². The molecular weight excluding hydrogens is 311 g/mol. The van der Waals surface area contributed by atoms with E-state index in [-0.39, 0.29) is 12.4 Å². The number of aromatic nitrogens is 2. The lowest BCUT2D eigenvalue weighted by molar-refractivity contribution is 0.0384. The average Bonchev–Trinajstić information content (AvgIpc) is 2.89. The summed E-state index contributed by atoms with van der Waals surface area (Å²) >= 11 is 6.05. The lowest BCUT2D eigenvalue weighted by Gasteiger charge is -2.26. The third-order valence-corrected chi connectivity index (χ3v) is 3.86. The van der Waals surface area contributed by atoms with Crippen LogP contribution in [-0.2, 0) is 11.3 Å². The van der Waals surface area contributed by atoms with Gasteiger partial charge in [-0.3, -0.25) is 4.90 Å². The Morgan fingerprint density at radius 2 is 2.19 bits per heavy atom. The van der Waals surface area contributed by atoms with E-state index in [1.165, 1.54) is 0 Å². The molecule has 0 aliphatic carbocycles. The number of H-pyrrole nitrogens is 1. The first-order valence-corrected chi connectivity index (χ1v) is 7.33. The van der Waals surface area contributed by atoms with Crippen LogP contribution in [0.3, 0.4) is 0 Å². The third kappa shape index (κ3) is 4.31. The minimum Gasteiger partial charge on any atom is -0.379 e. The number of pyridine rings is 1. The topological polar surface area (TPSA) is 53.2 Å². The molecule has 21 heavy (non-hydrogen) atoms. The molecule has 0 spiro atoms. The van der Waals surface area contributed by atoms with Gasteiger partial charge in [0, 0.05) is 50.0 Å². The fourth-order valence-electron chi connectivity index (χ4n) is 2.46. The molecule has 3 rings (SSSR count). The van der Waals surface area contributed by atoms with Crippen molar-refractivity contribution in [3.05, 3.63) is 29.2 Å². The summed E-state index contributed by atoms with van der Waals surface area (Å²) in [5.74, 6) is 0. The van der Waals surface area contributed by atoms with Gasteiger partial charge in [-0.2, -0.15) is 0 Å². The molecule has 1 saturated heterocycles. The zero-order valence-corrected chi connectivity index (χ0v) is 13.3. The number of nitrogens with one attached hydrogen (secondary N) is 2. The predicted molar refractivity (Wildman–Crippen MR) is 87.3 cm³/mol. The van der Waals surface area contributed by atoms with Crippen LogP contribution < -0.4 is 5.32 Å². The fourth-order valence-corrected chi connectivity index (χ4v) is 2.67. The van der Waals surface area contributed by atoms with Gasteiger partial charge in [0.2, 0.25) is 0 Å². The van der Waals surface area contributed by atoms with Crippen molar-refractivity contribution >= 4 is 34.9 Å². The van der Waals surface area contributed by atoms with E-state index in [2.05, 4.69) is 26.3 Å². The van der Waals surface area contributed by atoms with Crippen LogP contribution in [0.4, 0.5) is 0 Å². The second-order valence-corrected chi connectivity index (χ2v) is 5.35. The summed E-state index contributed by atoms with van der Waals surface area (Å²) in [6.07, 6.45) is 1.73. The molecular formula is C14H20Cl2N4O.